The third-order valence-electron chi connectivity index (χ3n) is 7.13. The molecule has 5 rings (SSSR count). The number of carbonyl (C=O) groups excluding carboxylic acids is 2. The smallest absolute Gasteiger partial charge is 0.230 e. The van der Waals surface area contributed by atoms with Crippen molar-refractivity contribution >= 4 is 45.1 Å². The van der Waals surface area contributed by atoms with E-state index in [-0.39, 0.29) is 30.0 Å². The van der Waals surface area contributed by atoms with Crippen LogP contribution < -0.4 is 4.90 Å². The molecule has 5 nitrogen and oxygen atoms in total. The first kappa shape index (κ1) is 23.9. The van der Waals surface area contributed by atoms with Crippen LogP contribution >= 0.6 is 0 Å². The molecular weight excluding hydrogens is 453 g/mol. The summed E-state index contributed by atoms with van der Waals surface area (Å²) < 4.78 is 17.4. The lowest BCUT2D eigenvalue weighted by Crippen LogP contribution is -2.36. The Bertz CT molecular complexity index is 1480. The summed E-state index contributed by atoms with van der Waals surface area (Å²) in [7, 11) is 1.73. The summed E-state index contributed by atoms with van der Waals surface area (Å²) in [4.78, 5) is 27.1. The van der Waals surface area contributed by atoms with Gasteiger partial charge in [-0.3, -0.25) is 14.3 Å². The maximum absolute atomic E-state index is 15.9. The van der Waals surface area contributed by atoms with Gasteiger partial charge in [0.25, 0.3) is 0 Å². The zero-order chi connectivity index (χ0) is 25.2. The second kappa shape index (κ2) is 10.1. The highest BCUT2D eigenvalue weighted by atomic mass is 19.1. The number of nitrogens with zero attached hydrogens (tertiary/aromatic N) is 3. The van der Waals surface area contributed by atoms with Crippen molar-refractivity contribution in [3.05, 3.63) is 77.7 Å². The van der Waals surface area contributed by atoms with Crippen molar-refractivity contribution in [1.29, 1.82) is 0 Å². The van der Waals surface area contributed by atoms with Gasteiger partial charge in [0.15, 0.2) is 11.6 Å². The van der Waals surface area contributed by atoms with E-state index in [0.717, 1.165) is 59.7 Å². The summed E-state index contributed by atoms with van der Waals surface area (Å²) in [5.41, 5.74) is 2.79. The lowest BCUT2D eigenvalue weighted by Gasteiger charge is -2.30. The molecule has 0 atom stereocenters. The van der Waals surface area contributed by atoms with Gasteiger partial charge in [0, 0.05) is 29.4 Å². The highest BCUT2D eigenvalue weighted by molar-refractivity contribution is 6.00. The van der Waals surface area contributed by atoms with E-state index in [9.17, 15) is 9.59 Å². The van der Waals surface area contributed by atoms with Crippen LogP contribution in [0.25, 0.3) is 27.8 Å². The van der Waals surface area contributed by atoms with Crippen LogP contribution in [-0.2, 0) is 23.2 Å². The van der Waals surface area contributed by atoms with Crippen molar-refractivity contribution in [3.63, 3.8) is 0 Å². The number of anilines is 1. The minimum absolute atomic E-state index is 0.0387. The molecule has 3 aromatic carbocycles. The van der Waals surface area contributed by atoms with Gasteiger partial charge >= 0.3 is 0 Å². The van der Waals surface area contributed by atoms with Gasteiger partial charge < -0.3 is 4.90 Å². The number of hydrogen-bond acceptors (Lipinski definition) is 3. The first-order valence-electron chi connectivity index (χ1n) is 12.5. The molecule has 1 amide bonds. The van der Waals surface area contributed by atoms with E-state index in [1.54, 1.807) is 28.9 Å². The van der Waals surface area contributed by atoms with Crippen LogP contribution in [0.15, 0.2) is 60.8 Å². The van der Waals surface area contributed by atoms with Crippen LogP contribution in [0.3, 0.4) is 0 Å². The standard InChI is InChI=1S/C30H30FN3O2/c1-20(35)14-15-21-8-6-13-26(16-21)34(30(36)22-9-4-3-5-10-22)19-24-12-7-11-23-17-25-18-32-33(2)29(25)28(31)27(23)24/h6-8,11-18,22H,3-5,9-10,19H2,1-2H3/b15-14+. The van der Waals surface area contributed by atoms with Crippen molar-refractivity contribution in [1.82, 2.24) is 9.78 Å². The molecule has 1 aliphatic rings. The van der Waals surface area contributed by atoms with E-state index in [1.165, 1.54) is 13.0 Å². The molecule has 1 heterocycles. The van der Waals surface area contributed by atoms with Gasteiger partial charge in [0.05, 0.1) is 12.7 Å². The summed E-state index contributed by atoms with van der Waals surface area (Å²) >= 11 is 0. The summed E-state index contributed by atoms with van der Waals surface area (Å²) in [6, 6.07) is 15.3. The van der Waals surface area contributed by atoms with E-state index in [0.29, 0.717) is 10.9 Å². The van der Waals surface area contributed by atoms with Crippen LogP contribution in [0, 0.1) is 11.7 Å². The van der Waals surface area contributed by atoms with Crippen LogP contribution in [0.1, 0.15) is 50.2 Å². The third-order valence-corrected chi connectivity index (χ3v) is 7.13. The summed E-state index contributed by atoms with van der Waals surface area (Å²) in [5.74, 6) is -0.329. The van der Waals surface area contributed by atoms with Crippen molar-refractivity contribution in [2.24, 2.45) is 13.0 Å². The molecule has 1 saturated carbocycles. The van der Waals surface area contributed by atoms with Crippen molar-refractivity contribution in [2.45, 2.75) is 45.6 Å². The van der Waals surface area contributed by atoms with Crippen molar-refractivity contribution < 1.29 is 14.0 Å². The molecule has 0 radical (unpaired) electrons. The van der Waals surface area contributed by atoms with E-state index >= 15 is 4.39 Å². The average Bonchev–Trinajstić information content (AvgIpc) is 3.27. The van der Waals surface area contributed by atoms with Gasteiger partial charge in [-0.25, -0.2) is 4.39 Å². The van der Waals surface area contributed by atoms with Crippen LogP contribution in [0.2, 0.25) is 0 Å². The third kappa shape index (κ3) is 4.68. The predicted octanol–water partition coefficient (Wildman–Crippen LogP) is 6.58. The van der Waals surface area contributed by atoms with Gasteiger partial charge in [0.1, 0.15) is 5.52 Å². The number of carbonyl (C=O) groups is 2. The van der Waals surface area contributed by atoms with E-state index in [1.807, 2.05) is 48.5 Å². The highest BCUT2D eigenvalue weighted by Gasteiger charge is 2.28. The number of rotatable bonds is 6. The van der Waals surface area contributed by atoms with Gasteiger partial charge in [-0.1, -0.05) is 55.7 Å². The average molecular weight is 484 g/mol. The molecule has 1 fully saturated rings. The van der Waals surface area contributed by atoms with Crippen molar-refractivity contribution in [3.8, 4) is 0 Å². The molecule has 0 aliphatic heterocycles. The molecule has 0 spiro atoms. The molecule has 4 aromatic rings. The van der Waals surface area contributed by atoms with E-state index in [2.05, 4.69) is 5.10 Å². The molecule has 0 unspecified atom stereocenters. The van der Waals surface area contributed by atoms with E-state index < -0.39 is 0 Å². The fourth-order valence-corrected chi connectivity index (χ4v) is 5.30. The maximum Gasteiger partial charge on any atom is 0.230 e. The Labute approximate surface area is 210 Å². The van der Waals surface area contributed by atoms with E-state index in [4.69, 9.17) is 0 Å². The van der Waals surface area contributed by atoms with Crippen LogP contribution in [0.5, 0.6) is 0 Å². The molecule has 0 N–H and O–H groups in total. The molecule has 1 aliphatic carbocycles. The van der Waals surface area contributed by atoms with Crippen LogP contribution in [-0.4, -0.2) is 21.5 Å². The van der Waals surface area contributed by atoms with Gasteiger partial charge in [-0.2, -0.15) is 5.10 Å². The number of hydrogen-bond donors (Lipinski definition) is 0. The molecule has 0 bridgehead atoms. The Kier molecular flexibility index (Phi) is 6.68. The maximum atomic E-state index is 15.9. The normalized spacial score (nSPS) is 14.6. The molecule has 6 heteroatoms. The first-order chi connectivity index (χ1) is 17.4. The zero-order valence-corrected chi connectivity index (χ0v) is 20.7. The summed E-state index contributed by atoms with van der Waals surface area (Å²) in [5, 5.41) is 6.28. The largest absolute Gasteiger partial charge is 0.308 e. The van der Waals surface area contributed by atoms with Gasteiger partial charge in [-0.05, 0) is 60.6 Å². The first-order valence-corrected chi connectivity index (χ1v) is 12.5. The second-order valence-corrected chi connectivity index (χ2v) is 9.71. The Morgan fingerprint density at radius 2 is 1.86 bits per heavy atom. The minimum atomic E-state index is -0.318. The number of allylic oxidation sites excluding steroid dienone is 1. The molecule has 1 aromatic heterocycles. The molecule has 184 valence electrons. The van der Waals surface area contributed by atoms with Crippen LogP contribution in [0.4, 0.5) is 10.1 Å². The molecular formula is C30H30FN3O2. The predicted molar refractivity (Wildman–Crippen MR) is 142 cm³/mol. The Morgan fingerprint density at radius 1 is 1.08 bits per heavy atom. The molecule has 36 heavy (non-hydrogen) atoms. The fourth-order valence-electron chi connectivity index (χ4n) is 5.30. The topological polar surface area (TPSA) is 55.2 Å². The second-order valence-electron chi connectivity index (χ2n) is 9.71. The minimum Gasteiger partial charge on any atom is -0.308 e. The number of aromatic nitrogens is 2. The lowest BCUT2D eigenvalue weighted by atomic mass is 9.88. The Hall–Kier alpha value is -3.80. The fraction of sp³-hybridized carbons (Fsp3) is 0.300. The SMILES string of the molecule is CC(=O)/C=C/c1cccc(N(Cc2cccc3cc4cnn(C)c4c(F)c23)C(=O)C2CCCCC2)c1. The summed E-state index contributed by atoms with van der Waals surface area (Å²) in [6.45, 7) is 1.76. The monoisotopic (exact) mass is 483 g/mol. The Balaban J connectivity index is 1.61. The van der Waals surface area contributed by atoms with Gasteiger partial charge in [0.2, 0.25) is 5.91 Å². The number of amides is 1. The van der Waals surface area contributed by atoms with Crippen molar-refractivity contribution in [2.75, 3.05) is 4.90 Å². The quantitative estimate of drug-likeness (QED) is 0.291. The lowest BCUT2D eigenvalue weighted by molar-refractivity contribution is -0.123. The number of fused-ring (bicyclic) bond motifs is 2. The Morgan fingerprint density at radius 3 is 2.64 bits per heavy atom. The number of halogens is 1. The van der Waals surface area contributed by atoms with Gasteiger partial charge in [-0.15, -0.1) is 0 Å². The number of aryl methyl sites for hydroxylation is 1. The zero-order valence-electron chi connectivity index (χ0n) is 20.7. The summed E-state index contributed by atoms with van der Waals surface area (Å²) in [6.07, 6.45) is 9.95. The number of ketones is 1. The highest BCUT2D eigenvalue weighted by Crippen LogP contribution is 2.33. The number of benzene rings is 3. The molecule has 0 saturated heterocycles.